The zero-order valence-electron chi connectivity index (χ0n) is 22.1. The van der Waals surface area contributed by atoms with E-state index in [1.807, 2.05) is 47.4 Å². The molecule has 0 spiro atoms. The monoisotopic (exact) mass is 539 g/mol. The third kappa shape index (κ3) is 6.38. The van der Waals surface area contributed by atoms with Gasteiger partial charge in [-0.2, -0.15) is 0 Å². The maximum absolute atomic E-state index is 13.3. The van der Waals surface area contributed by atoms with Crippen LogP contribution in [0.5, 0.6) is 0 Å². The van der Waals surface area contributed by atoms with Crippen LogP contribution in [0.25, 0.3) is 0 Å². The first kappa shape index (κ1) is 26.7. The van der Waals surface area contributed by atoms with Crippen LogP contribution in [0, 0.1) is 0 Å². The van der Waals surface area contributed by atoms with Crippen molar-refractivity contribution in [2.24, 2.45) is 0 Å². The highest BCUT2D eigenvalue weighted by Crippen LogP contribution is 2.29. The molecule has 1 heterocycles. The molecular formula is C32H33N3O3S. The van der Waals surface area contributed by atoms with Gasteiger partial charge in [0.2, 0.25) is 10.0 Å². The molecule has 0 aliphatic carbocycles. The van der Waals surface area contributed by atoms with Crippen molar-refractivity contribution < 1.29 is 13.2 Å². The van der Waals surface area contributed by atoms with Gasteiger partial charge in [-0.25, -0.2) is 8.42 Å². The largest absolute Gasteiger partial charge is 0.336 e. The number of carbonyl (C=O) groups excluding carboxylic acids is 1. The second-order valence-electron chi connectivity index (χ2n) is 9.85. The summed E-state index contributed by atoms with van der Waals surface area (Å²) in [6.07, 6.45) is 1.21. The molecule has 5 rings (SSSR count). The number of benzene rings is 4. The van der Waals surface area contributed by atoms with Crippen LogP contribution in [0.3, 0.4) is 0 Å². The Morgan fingerprint density at radius 1 is 0.718 bits per heavy atom. The van der Waals surface area contributed by atoms with Gasteiger partial charge in [0.25, 0.3) is 5.91 Å². The standard InChI is InChI=1S/C32H33N3O3S/c1-39(37,38)35(30-15-9-4-10-16-30)25-26-17-19-29(20-18-26)32(36)34-23-21-33(22-24-34)31(27-11-5-2-6-12-27)28-13-7-3-8-14-28/h2-20,31H,21-25H2,1H3. The fraction of sp³-hybridized carbons (Fsp3) is 0.219. The Kier molecular flexibility index (Phi) is 8.10. The number of hydrogen-bond acceptors (Lipinski definition) is 4. The zero-order valence-corrected chi connectivity index (χ0v) is 22.9. The Bertz CT molecular complexity index is 1430. The summed E-state index contributed by atoms with van der Waals surface area (Å²) in [6, 6.07) is 37.5. The molecule has 1 amide bonds. The molecule has 200 valence electrons. The molecule has 0 unspecified atom stereocenters. The molecule has 0 N–H and O–H groups in total. The Labute approximate surface area is 231 Å². The lowest BCUT2D eigenvalue weighted by Gasteiger charge is -2.39. The quantitative estimate of drug-likeness (QED) is 0.309. The number of carbonyl (C=O) groups is 1. The fourth-order valence-electron chi connectivity index (χ4n) is 5.16. The molecule has 4 aromatic carbocycles. The van der Waals surface area contributed by atoms with Crippen LogP contribution in [0.15, 0.2) is 115 Å². The lowest BCUT2D eigenvalue weighted by molar-refractivity contribution is 0.0597. The Hall–Kier alpha value is -3.94. The van der Waals surface area contributed by atoms with E-state index in [1.54, 1.807) is 24.3 Å². The summed E-state index contributed by atoms with van der Waals surface area (Å²) < 4.78 is 26.2. The van der Waals surface area contributed by atoms with Gasteiger partial charge in [-0.1, -0.05) is 91.0 Å². The second-order valence-corrected chi connectivity index (χ2v) is 11.8. The van der Waals surface area contributed by atoms with Crippen molar-refractivity contribution in [3.05, 3.63) is 138 Å². The van der Waals surface area contributed by atoms with Gasteiger partial charge >= 0.3 is 0 Å². The maximum atomic E-state index is 13.3. The summed E-state index contributed by atoms with van der Waals surface area (Å²) in [6.45, 7) is 3.05. The highest BCUT2D eigenvalue weighted by molar-refractivity contribution is 7.92. The van der Waals surface area contributed by atoms with Gasteiger partial charge in [-0.15, -0.1) is 0 Å². The smallest absolute Gasteiger partial charge is 0.253 e. The van der Waals surface area contributed by atoms with Crippen molar-refractivity contribution in [1.82, 2.24) is 9.80 Å². The van der Waals surface area contributed by atoms with Crippen molar-refractivity contribution >= 4 is 21.6 Å². The minimum atomic E-state index is -3.46. The van der Waals surface area contributed by atoms with Gasteiger partial charge in [0.05, 0.1) is 24.5 Å². The van der Waals surface area contributed by atoms with E-state index in [9.17, 15) is 13.2 Å². The van der Waals surface area contributed by atoms with Gasteiger partial charge in [-0.05, 0) is 41.0 Å². The summed E-state index contributed by atoms with van der Waals surface area (Å²) >= 11 is 0. The summed E-state index contributed by atoms with van der Waals surface area (Å²) in [4.78, 5) is 17.7. The number of nitrogens with zero attached hydrogens (tertiary/aromatic N) is 3. The summed E-state index contributed by atoms with van der Waals surface area (Å²) in [7, 11) is -3.46. The molecule has 0 atom stereocenters. The first-order valence-electron chi connectivity index (χ1n) is 13.1. The molecular weight excluding hydrogens is 506 g/mol. The maximum Gasteiger partial charge on any atom is 0.253 e. The second kappa shape index (κ2) is 11.8. The molecule has 6 nitrogen and oxygen atoms in total. The van der Waals surface area contributed by atoms with E-state index in [1.165, 1.54) is 21.7 Å². The van der Waals surface area contributed by atoms with Gasteiger partial charge < -0.3 is 4.90 Å². The molecule has 4 aromatic rings. The van der Waals surface area contributed by atoms with E-state index in [2.05, 4.69) is 53.4 Å². The first-order chi connectivity index (χ1) is 18.9. The highest BCUT2D eigenvalue weighted by atomic mass is 32.2. The van der Waals surface area contributed by atoms with E-state index < -0.39 is 10.0 Å². The minimum absolute atomic E-state index is 0.000186. The number of anilines is 1. The van der Waals surface area contributed by atoms with E-state index in [4.69, 9.17) is 0 Å². The van der Waals surface area contributed by atoms with Crippen LogP contribution in [-0.4, -0.2) is 56.6 Å². The number of piperazine rings is 1. The average Bonchev–Trinajstić information content (AvgIpc) is 2.97. The highest BCUT2D eigenvalue weighted by Gasteiger charge is 2.28. The molecule has 1 aliphatic heterocycles. The summed E-state index contributed by atoms with van der Waals surface area (Å²) in [5.41, 5.74) is 4.54. The van der Waals surface area contributed by atoms with Crippen LogP contribution in [-0.2, 0) is 16.6 Å². The molecule has 39 heavy (non-hydrogen) atoms. The van der Waals surface area contributed by atoms with Crippen LogP contribution < -0.4 is 4.31 Å². The molecule has 7 heteroatoms. The molecule has 0 bridgehead atoms. The number of para-hydroxylation sites is 1. The number of sulfonamides is 1. The van der Waals surface area contributed by atoms with Crippen molar-refractivity contribution in [2.45, 2.75) is 12.6 Å². The van der Waals surface area contributed by atoms with Crippen molar-refractivity contribution in [3.63, 3.8) is 0 Å². The predicted molar refractivity (Wildman–Crippen MR) is 156 cm³/mol. The Morgan fingerprint density at radius 2 is 1.21 bits per heavy atom. The van der Waals surface area contributed by atoms with E-state index in [0.29, 0.717) is 24.3 Å². The number of rotatable bonds is 8. The van der Waals surface area contributed by atoms with Crippen LogP contribution >= 0.6 is 0 Å². The molecule has 1 saturated heterocycles. The van der Waals surface area contributed by atoms with Crippen molar-refractivity contribution in [3.8, 4) is 0 Å². The Morgan fingerprint density at radius 3 is 1.69 bits per heavy atom. The predicted octanol–water partition coefficient (Wildman–Crippen LogP) is 5.20. The van der Waals surface area contributed by atoms with Crippen LogP contribution in [0.1, 0.15) is 33.1 Å². The lowest BCUT2D eigenvalue weighted by atomic mass is 9.96. The topological polar surface area (TPSA) is 60.9 Å². The SMILES string of the molecule is CS(=O)(=O)N(Cc1ccc(C(=O)N2CCN(C(c3ccccc3)c3ccccc3)CC2)cc1)c1ccccc1. The van der Waals surface area contributed by atoms with Crippen LogP contribution in [0.4, 0.5) is 5.69 Å². The van der Waals surface area contributed by atoms with Gasteiger partial charge in [0.1, 0.15) is 0 Å². The molecule has 0 saturated carbocycles. The van der Waals surface area contributed by atoms with Gasteiger partial charge in [-0.3, -0.25) is 14.0 Å². The molecule has 1 fully saturated rings. The van der Waals surface area contributed by atoms with Crippen molar-refractivity contribution in [1.29, 1.82) is 0 Å². The summed E-state index contributed by atoms with van der Waals surface area (Å²) in [5, 5.41) is 0. The lowest BCUT2D eigenvalue weighted by Crippen LogP contribution is -2.49. The van der Waals surface area contributed by atoms with E-state index >= 15 is 0 Å². The third-order valence-corrected chi connectivity index (χ3v) is 8.31. The molecule has 0 radical (unpaired) electrons. The zero-order chi connectivity index (χ0) is 27.2. The van der Waals surface area contributed by atoms with E-state index in [0.717, 1.165) is 18.7 Å². The van der Waals surface area contributed by atoms with Gasteiger partial charge in [0.15, 0.2) is 0 Å². The van der Waals surface area contributed by atoms with E-state index in [-0.39, 0.29) is 18.5 Å². The number of amides is 1. The van der Waals surface area contributed by atoms with Crippen molar-refractivity contribution in [2.75, 3.05) is 36.7 Å². The summed E-state index contributed by atoms with van der Waals surface area (Å²) in [5.74, 6) is 0.000186. The molecule has 0 aromatic heterocycles. The molecule has 1 aliphatic rings. The number of hydrogen-bond donors (Lipinski definition) is 0. The third-order valence-electron chi connectivity index (χ3n) is 7.17. The normalized spacial score (nSPS) is 14.4. The average molecular weight is 540 g/mol. The minimum Gasteiger partial charge on any atom is -0.336 e. The van der Waals surface area contributed by atoms with Crippen LogP contribution in [0.2, 0.25) is 0 Å². The first-order valence-corrected chi connectivity index (χ1v) is 15.0. The fourth-order valence-corrected chi connectivity index (χ4v) is 6.05. The van der Waals surface area contributed by atoms with Gasteiger partial charge in [0, 0.05) is 31.7 Å². The Balaban J connectivity index is 1.25.